The van der Waals surface area contributed by atoms with E-state index in [0.29, 0.717) is 19.3 Å². The predicted octanol–water partition coefficient (Wildman–Crippen LogP) is 1.93. The van der Waals surface area contributed by atoms with Crippen molar-refractivity contribution >= 4 is 11.9 Å². The number of carbonyl (C=O) groups excluding carboxylic acids is 2. The number of esters is 2. The molecule has 0 atom stereocenters. The van der Waals surface area contributed by atoms with E-state index in [1.165, 1.54) is 0 Å². The molecule has 1 aromatic carbocycles. The number of hydrogen-bond donors (Lipinski definition) is 0. The van der Waals surface area contributed by atoms with Crippen LogP contribution in [0.5, 0.6) is 0 Å². The minimum absolute atomic E-state index is 0.388. The summed E-state index contributed by atoms with van der Waals surface area (Å²) in [6.45, 7) is 0. The zero-order chi connectivity index (χ0) is 10.2. The van der Waals surface area contributed by atoms with Gasteiger partial charge in [-0.25, -0.2) is 0 Å². The van der Waals surface area contributed by atoms with Gasteiger partial charge in [-0.15, -0.1) is 0 Å². The van der Waals surface area contributed by atoms with E-state index in [0.717, 1.165) is 0 Å². The van der Waals surface area contributed by atoms with Crippen molar-refractivity contribution in [3.63, 3.8) is 0 Å². The van der Waals surface area contributed by atoms with Crippen LogP contribution >= 0.6 is 0 Å². The fourth-order valence-corrected chi connectivity index (χ4v) is 0.991. The summed E-state index contributed by atoms with van der Waals surface area (Å²) in [4.78, 5) is 20.5. The molecule has 1 aromatic rings. The summed E-state index contributed by atoms with van der Waals surface area (Å²) in [5.41, 5.74) is 0. The van der Waals surface area contributed by atoms with Crippen molar-refractivity contribution in [1.82, 2.24) is 0 Å². The van der Waals surface area contributed by atoms with Gasteiger partial charge in [-0.05, 0) is 6.42 Å². The first-order valence-corrected chi connectivity index (χ1v) is 4.52. The molecule has 1 aliphatic heterocycles. The standard InChI is InChI=1S/C6H6.C5H6O3/c1-2-4-6-5-3-1;6-4-2-1-3-5(7)8-4/h1-6H;1-3H2. The van der Waals surface area contributed by atoms with Gasteiger partial charge in [-0.2, -0.15) is 0 Å². The van der Waals surface area contributed by atoms with Crippen molar-refractivity contribution in [2.24, 2.45) is 0 Å². The van der Waals surface area contributed by atoms with E-state index in [2.05, 4.69) is 4.74 Å². The molecule has 0 N–H and O–H groups in total. The molecule has 0 aromatic heterocycles. The molecule has 0 saturated carbocycles. The van der Waals surface area contributed by atoms with Crippen LogP contribution in [0, 0.1) is 0 Å². The SMILES string of the molecule is O=C1CCCC(=O)O1.c1ccccc1. The molecule has 1 fully saturated rings. The lowest BCUT2D eigenvalue weighted by molar-refractivity contribution is -0.163. The Morgan fingerprint density at radius 2 is 1.14 bits per heavy atom. The fraction of sp³-hybridized carbons (Fsp3) is 0.273. The summed E-state index contributed by atoms with van der Waals surface area (Å²) in [5, 5.41) is 0. The molecule has 2 rings (SSSR count). The molecule has 1 saturated heterocycles. The number of hydrogen-bond acceptors (Lipinski definition) is 3. The largest absolute Gasteiger partial charge is 0.393 e. The maximum Gasteiger partial charge on any atom is 0.313 e. The maximum atomic E-state index is 10.2. The van der Waals surface area contributed by atoms with Gasteiger partial charge in [0, 0.05) is 12.8 Å². The van der Waals surface area contributed by atoms with Crippen LogP contribution in [0.2, 0.25) is 0 Å². The molecular formula is C11H12O3. The van der Waals surface area contributed by atoms with Crippen LogP contribution in [-0.2, 0) is 14.3 Å². The molecule has 74 valence electrons. The maximum absolute atomic E-state index is 10.2. The Labute approximate surface area is 82.7 Å². The van der Waals surface area contributed by atoms with Gasteiger partial charge in [0.25, 0.3) is 0 Å². The Hall–Kier alpha value is -1.64. The van der Waals surface area contributed by atoms with Crippen LogP contribution in [0.1, 0.15) is 19.3 Å². The Morgan fingerprint density at radius 3 is 1.36 bits per heavy atom. The molecule has 1 aliphatic rings. The van der Waals surface area contributed by atoms with Crippen molar-refractivity contribution < 1.29 is 14.3 Å². The average molecular weight is 192 g/mol. The van der Waals surface area contributed by atoms with E-state index in [9.17, 15) is 9.59 Å². The zero-order valence-electron chi connectivity index (χ0n) is 7.81. The van der Waals surface area contributed by atoms with Gasteiger partial charge >= 0.3 is 11.9 Å². The summed E-state index contributed by atoms with van der Waals surface area (Å²) >= 11 is 0. The summed E-state index contributed by atoms with van der Waals surface area (Å²) in [6.07, 6.45) is 1.44. The highest BCUT2D eigenvalue weighted by Crippen LogP contribution is 2.06. The molecule has 3 heteroatoms. The van der Waals surface area contributed by atoms with Gasteiger partial charge in [0.15, 0.2) is 0 Å². The lowest BCUT2D eigenvalue weighted by atomic mass is 10.2. The summed E-state index contributed by atoms with van der Waals surface area (Å²) in [7, 11) is 0. The molecule has 3 nitrogen and oxygen atoms in total. The zero-order valence-corrected chi connectivity index (χ0v) is 7.81. The third-order valence-electron chi connectivity index (χ3n) is 1.66. The van der Waals surface area contributed by atoms with Gasteiger partial charge in [-0.3, -0.25) is 9.59 Å². The molecule has 0 unspecified atom stereocenters. The lowest BCUT2D eigenvalue weighted by Crippen LogP contribution is -2.17. The number of ether oxygens (including phenoxy) is 1. The van der Waals surface area contributed by atoms with Crippen molar-refractivity contribution in [2.75, 3.05) is 0 Å². The predicted molar refractivity (Wildman–Crippen MR) is 51.4 cm³/mol. The number of cyclic esters (lactones) is 2. The second-order valence-electron chi connectivity index (χ2n) is 2.85. The molecule has 0 amide bonds. The van der Waals surface area contributed by atoms with Crippen molar-refractivity contribution in [3.05, 3.63) is 36.4 Å². The average Bonchev–Trinajstić information content (AvgIpc) is 2.21. The first kappa shape index (κ1) is 10.4. The molecule has 0 spiro atoms. The van der Waals surface area contributed by atoms with E-state index in [1.54, 1.807) is 0 Å². The second kappa shape index (κ2) is 5.91. The number of benzene rings is 1. The highest BCUT2D eigenvalue weighted by Gasteiger charge is 2.15. The van der Waals surface area contributed by atoms with E-state index in [4.69, 9.17) is 0 Å². The lowest BCUT2D eigenvalue weighted by Gasteiger charge is -2.06. The van der Waals surface area contributed by atoms with Crippen molar-refractivity contribution in [1.29, 1.82) is 0 Å². The first-order valence-electron chi connectivity index (χ1n) is 4.52. The van der Waals surface area contributed by atoms with Crippen LogP contribution < -0.4 is 0 Å². The second-order valence-corrected chi connectivity index (χ2v) is 2.85. The van der Waals surface area contributed by atoms with Crippen LogP contribution in [0.4, 0.5) is 0 Å². The minimum Gasteiger partial charge on any atom is -0.393 e. The van der Waals surface area contributed by atoms with Crippen molar-refractivity contribution in [3.8, 4) is 0 Å². The molecule has 0 radical (unpaired) electrons. The number of carbonyl (C=O) groups is 2. The first-order chi connectivity index (χ1) is 6.79. The minimum atomic E-state index is -0.388. The van der Waals surface area contributed by atoms with Crippen LogP contribution in [0.15, 0.2) is 36.4 Å². The summed E-state index contributed by atoms with van der Waals surface area (Å²) in [5.74, 6) is -0.775. The van der Waals surface area contributed by atoms with E-state index < -0.39 is 0 Å². The topological polar surface area (TPSA) is 43.4 Å². The van der Waals surface area contributed by atoms with Gasteiger partial charge in [0.05, 0.1) is 0 Å². The summed E-state index contributed by atoms with van der Waals surface area (Å²) in [6, 6.07) is 12.0. The normalized spacial score (nSPS) is 15.1. The monoisotopic (exact) mass is 192 g/mol. The highest BCUT2D eigenvalue weighted by atomic mass is 16.6. The molecule has 1 heterocycles. The van der Waals surface area contributed by atoms with Gasteiger partial charge < -0.3 is 4.74 Å². The van der Waals surface area contributed by atoms with Gasteiger partial charge in [0.2, 0.25) is 0 Å². The molecular weight excluding hydrogens is 180 g/mol. The van der Waals surface area contributed by atoms with E-state index >= 15 is 0 Å². The summed E-state index contributed by atoms with van der Waals surface area (Å²) < 4.78 is 4.21. The third kappa shape index (κ3) is 4.40. The van der Waals surface area contributed by atoms with Crippen molar-refractivity contribution in [2.45, 2.75) is 19.3 Å². The van der Waals surface area contributed by atoms with Gasteiger partial charge in [-0.1, -0.05) is 36.4 Å². The van der Waals surface area contributed by atoms with Crippen LogP contribution in [-0.4, -0.2) is 11.9 Å². The van der Waals surface area contributed by atoms with Crippen LogP contribution in [0.3, 0.4) is 0 Å². The molecule has 14 heavy (non-hydrogen) atoms. The quantitative estimate of drug-likeness (QED) is 0.466. The molecule has 0 bridgehead atoms. The smallest absolute Gasteiger partial charge is 0.313 e. The Morgan fingerprint density at radius 1 is 0.786 bits per heavy atom. The van der Waals surface area contributed by atoms with Crippen LogP contribution in [0.25, 0.3) is 0 Å². The van der Waals surface area contributed by atoms with E-state index in [-0.39, 0.29) is 11.9 Å². The third-order valence-corrected chi connectivity index (χ3v) is 1.66. The molecule has 0 aliphatic carbocycles. The number of rotatable bonds is 0. The highest BCUT2D eigenvalue weighted by molar-refractivity contribution is 5.87. The Kier molecular flexibility index (Phi) is 4.41. The Balaban J connectivity index is 0.000000146. The Bertz CT molecular complexity index is 252. The fourth-order valence-electron chi connectivity index (χ4n) is 0.991. The van der Waals surface area contributed by atoms with Gasteiger partial charge in [0.1, 0.15) is 0 Å². The van der Waals surface area contributed by atoms with E-state index in [1.807, 2.05) is 36.4 Å².